The zero-order valence-corrected chi connectivity index (χ0v) is 13.3. The van der Waals surface area contributed by atoms with E-state index in [2.05, 4.69) is 6.92 Å². The Labute approximate surface area is 127 Å². The van der Waals surface area contributed by atoms with Crippen LogP contribution < -0.4 is 4.31 Å². The van der Waals surface area contributed by atoms with E-state index in [9.17, 15) is 8.42 Å². The molecule has 2 aromatic rings. The van der Waals surface area contributed by atoms with E-state index in [1.54, 1.807) is 24.3 Å². The van der Waals surface area contributed by atoms with Crippen LogP contribution in [0.2, 0.25) is 0 Å². The van der Waals surface area contributed by atoms with Crippen LogP contribution in [-0.2, 0) is 10.0 Å². The number of para-hydroxylation sites is 1. The first-order valence-electron chi connectivity index (χ1n) is 7.21. The van der Waals surface area contributed by atoms with Crippen LogP contribution in [0.25, 0.3) is 0 Å². The minimum Gasteiger partial charge on any atom is -0.266 e. The predicted molar refractivity (Wildman–Crippen MR) is 87.1 cm³/mol. The molecule has 0 atom stereocenters. The van der Waals surface area contributed by atoms with Gasteiger partial charge in [-0.1, -0.05) is 49.7 Å². The first-order valence-corrected chi connectivity index (χ1v) is 8.65. The summed E-state index contributed by atoms with van der Waals surface area (Å²) in [4.78, 5) is 0.337. The molecule has 0 aliphatic heterocycles. The van der Waals surface area contributed by atoms with Crippen LogP contribution in [0, 0.1) is 6.92 Å². The number of aryl methyl sites for hydroxylation is 1. The molecule has 0 saturated carbocycles. The number of unbranched alkanes of at least 4 members (excludes halogenated alkanes) is 1. The molecule has 0 bridgehead atoms. The molecular formula is C17H21NO2S. The van der Waals surface area contributed by atoms with Crippen LogP contribution in [0.5, 0.6) is 0 Å². The number of anilines is 1. The largest absolute Gasteiger partial charge is 0.266 e. The highest BCUT2D eigenvalue weighted by atomic mass is 32.2. The molecule has 2 rings (SSSR count). The summed E-state index contributed by atoms with van der Waals surface area (Å²) in [5.74, 6) is 0. The highest BCUT2D eigenvalue weighted by Crippen LogP contribution is 2.26. The summed E-state index contributed by atoms with van der Waals surface area (Å²) in [5, 5.41) is 0. The SMILES string of the molecule is CCCCN(c1ccccc1C)S(=O)(=O)c1ccccc1. The van der Waals surface area contributed by atoms with E-state index in [1.165, 1.54) is 4.31 Å². The third-order valence-corrected chi connectivity index (χ3v) is 5.26. The van der Waals surface area contributed by atoms with Crippen LogP contribution >= 0.6 is 0 Å². The molecule has 0 heterocycles. The van der Waals surface area contributed by atoms with Crippen molar-refractivity contribution >= 4 is 15.7 Å². The first-order chi connectivity index (χ1) is 10.1. The molecule has 4 heteroatoms. The van der Waals surface area contributed by atoms with E-state index in [-0.39, 0.29) is 0 Å². The van der Waals surface area contributed by atoms with Crippen molar-refractivity contribution < 1.29 is 8.42 Å². The van der Waals surface area contributed by atoms with Gasteiger partial charge in [-0.25, -0.2) is 8.42 Å². The second-order valence-corrected chi connectivity index (χ2v) is 6.89. The molecular weight excluding hydrogens is 282 g/mol. The molecule has 3 nitrogen and oxygen atoms in total. The molecule has 0 fully saturated rings. The molecule has 21 heavy (non-hydrogen) atoms. The van der Waals surface area contributed by atoms with Gasteiger partial charge in [0.2, 0.25) is 0 Å². The lowest BCUT2D eigenvalue weighted by Crippen LogP contribution is -2.32. The van der Waals surface area contributed by atoms with Gasteiger partial charge in [0.05, 0.1) is 10.6 Å². The van der Waals surface area contributed by atoms with Crippen molar-refractivity contribution in [2.45, 2.75) is 31.6 Å². The van der Waals surface area contributed by atoms with E-state index < -0.39 is 10.0 Å². The third kappa shape index (κ3) is 3.45. The van der Waals surface area contributed by atoms with Gasteiger partial charge >= 0.3 is 0 Å². The quantitative estimate of drug-likeness (QED) is 0.809. The second kappa shape index (κ2) is 6.76. The molecule has 0 aliphatic rings. The van der Waals surface area contributed by atoms with Gasteiger partial charge in [0.15, 0.2) is 0 Å². The molecule has 0 aromatic heterocycles. The van der Waals surface area contributed by atoms with Gasteiger partial charge in [-0.15, -0.1) is 0 Å². The summed E-state index contributed by atoms with van der Waals surface area (Å²) in [5.41, 5.74) is 1.72. The van der Waals surface area contributed by atoms with Crippen LogP contribution in [0.4, 0.5) is 5.69 Å². The monoisotopic (exact) mass is 303 g/mol. The molecule has 112 valence electrons. The lowest BCUT2D eigenvalue weighted by molar-refractivity contribution is 0.588. The number of nitrogens with zero attached hydrogens (tertiary/aromatic N) is 1. The summed E-state index contributed by atoms with van der Waals surface area (Å²) >= 11 is 0. The number of rotatable bonds is 6. The van der Waals surface area contributed by atoms with Gasteiger partial charge in [-0.2, -0.15) is 0 Å². The summed E-state index contributed by atoms with van der Waals surface area (Å²) < 4.78 is 27.4. The van der Waals surface area contributed by atoms with E-state index in [1.807, 2.05) is 37.3 Å². The van der Waals surface area contributed by atoms with Crippen LogP contribution in [0.1, 0.15) is 25.3 Å². The third-order valence-electron chi connectivity index (χ3n) is 3.43. The highest BCUT2D eigenvalue weighted by molar-refractivity contribution is 7.92. The fourth-order valence-electron chi connectivity index (χ4n) is 2.23. The lowest BCUT2D eigenvalue weighted by Gasteiger charge is -2.26. The Hall–Kier alpha value is -1.81. The van der Waals surface area contributed by atoms with E-state index in [4.69, 9.17) is 0 Å². The number of hydrogen-bond donors (Lipinski definition) is 0. The Bertz CT molecular complexity index is 681. The van der Waals surface area contributed by atoms with Crippen molar-refractivity contribution in [1.82, 2.24) is 0 Å². The van der Waals surface area contributed by atoms with Crippen molar-refractivity contribution in [3.63, 3.8) is 0 Å². The minimum atomic E-state index is -3.52. The van der Waals surface area contributed by atoms with E-state index in [0.717, 1.165) is 24.1 Å². The van der Waals surface area contributed by atoms with Crippen molar-refractivity contribution in [2.75, 3.05) is 10.8 Å². The number of sulfonamides is 1. The Kier molecular flexibility index (Phi) is 5.02. The Morgan fingerprint density at radius 2 is 1.57 bits per heavy atom. The summed E-state index contributed by atoms with van der Waals surface area (Å²) in [6.45, 7) is 4.50. The summed E-state index contributed by atoms with van der Waals surface area (Å²) in [7, 11) is -3.52. The lowest BCUT2D eigenvalue weighted by atomic mass is 10.2. The van der Waals surface area contributed by atoms with Gasteiger partial charge in [-0.3, -0.25) is 4.31 Å². The molecule has 0 amide bonds. The molecule has 0 spiro atoms. The molecule has 0 unspecified atom stereocenters. The van der Waals surface area contributed by atoms with Crippen LogP contribution in [0.3, 0.4) is 0 Å². The maximum atomic E-state index is 12.9. The fourth-order valence-corrected chi connectivity index (χ4v) is 3.82. The smallest absolute Gasteiger partial charge is 0.264 e. The minimum absolute atomic E-state index is 0.337. The highest BCUT2D eigenvalue weighted by Gasteiger charge is 2.25. The van der Waals surface area contributed by atoms with Crippen molar-refractivity contribution in [2.24, 2.45) is 0 Å². The van der Waals surface area contributed by atoms with Gasteiger partial charge < -0.3 is 0 Å². The molecule has 0 saturated heterocycles. The average Bonchev–Trinajstić information content (AvgIpc) is 2.50. The molecule has 2 aromatic carbocycles. The Morgan fingerprint density at radius 3 is 2.19 bits per heavy atom. The predicted octanol–water partition coefficient (Wildman–Crippen LogP) is 3.99. The average molecular weight is 303 g/mol. The fraction of sp³-hybridized carbons (Fsp3) is 0.294. The summed E-state index contributed by atoms with van der Waals surface area (Å²) in [6.07, 6.45) is 1.78. The normalized spacial score (nSPS) is 11.3. The number of hydrogen-bond acceptors (Lipinski definition) is 2. The van der Waals surface area contributed by atoms with Crippen LogP contribution in [-0.4, -0.2) is 15.0 Å². The number of benzene rings is 2. The van der Waals surface area contributed by atoms with Crippen molar-refractivity contribution in [1.29, 1.82) is 0 Å². The van der Waals surface area contributed by atoms with E-state index >= 15 is 0 Å². The zero-order valence-electron chi connectivity index (χ0n) is 12.5. The molecule has 0 radical (unpaired) electrons. The standard InChI is InChI=1S/C17H21NO2S/c1-3-4-14-18(17-13-9-8-10-15(17)2)21(19,20)16-11-6-5-7-12-16/h5-13H,3-4,14H2,1-2H3. The Balaban J connectivity index is 2.48. The maximum Gasteiger partial charge on any atom is 0.264 e. The summed E-state index contributed by atoms with van der Waals surface area (Å²) in [6, 6.07) is 16.2. The zero-order chi connectivity index (χ0) is 15.3. The van der Waals surface area contributed by atoms with Gasteiger partial charge in [0.1, 0.15) is 0 Å². The molecule has 0 aliphatic carbocycles. The van der Waals surface area contributed by atoms with Crippen molar-refractivity contribution in [3.8, 4) is 0 Å². The first kappa shape index (κ1) is 15.6. The second-order valence-electron chi connectivity index (χ2n) is 5.03. The van der Waals surface area contributed by atoms with Gasteiger partial charge in [-0.05, 0) is 37.1 Å². The van der Waals surface area contributed by atoms with Crippen LogP contribution in [0.15, 0.2) is 59.5 Å². The molecule has 0 N–H and O–H groups in total. The Morgan fingerprint density at radius 1 is 0.952 bits per heavy atom. The maximum absolute atomic E-state index is 12.9. The van der Waals surface area contributed by atoms with Gasteiger partial charge in [0.25, 0.3) is 10.0 Å². The van der Waals surface area contributed by atoms with Gasteiger partial charge in [0, 0.05) is 6.54 Å². The van der Waals surface area contributed by atoms with E-state index in [0.29, 0.717) is 11.4 Å². The topological polar surface area (TPSA) is 37.4 Å². The van der Waals surface area contributed by atoms with Crippen molar-refractivity contribution in [3.05, 3.63) is 60.2 Å².